The number of piperazine rings is 1. The Labute approximate surface area is 180 Å². The SMILES string of the molecule is COc1ccc(C2C(=O)N(CCc3ccccc3)CC(=O)N2Cc2cccs2)cc1. The Kier molecular flexibility index (Phi) is 6.14. The first-order valence-electron chi connectivity index (χ1n) is 9.94. The molecule has 1 aliphatic heterocycles. The van der Waals surface area contributed by atoms with Crippen molar-refractivity contribution in [3.63, 3.8) is 0 Å². The van der Waals surface area contributed by atoms with E-state index in [4.69, 9.17) is 4.74 Å². The van der Waals surface area contributed by atoms with Gasteiger partial charge in [0.1, 0.15) is 11.8 Å². The first kappa shape index (κ1) is 20.2. The van der Waals surface area contributed by atoms with Gasteiger partial charge in [0.25, 0.3) is 5.91 Å². The molecule has 1 unspecified atom stereocenters. The van der Waals surface area contributed by atoms with Crippen LogP contribution < -0.4 is 4.74 Å². The normalized spacial score (nSPS) is 16.8. The maximum atomic E-state index is 13.5. The van der Waals surface area contributed by atoms with Crippen molar-refractivity contribution in [2.24, 2.45) is 0 Å². The number of benzene rings is 2. The van der Waals surface area contributed by atoms with Gasteiger partial charge < -0.3 is 14.5 Å². The molecule has 1 aliphatic rings. The second kappa shape index (κ2) is 9.13. The number of hydrogen-bond acceptors (Lipinski definition) is 4. The van der Waals surface area contributed by atoms with Crippen molar-refractivity contribution in [1.29, 1.82) is 0 Å². The van der Waals surface area contributed by atoms with E-state index in [1.165, 1.54) is 0 Å². The molecule has 2 amide bonds. The van der Waals surface area contributed by atoms with E-state index >= 15 is 0 Å². The van der Waals surface area contributed by atoms with Crippen molar-refractivity contribution in [2.45, 2.75) is 19.0 Å². The summed E-state index contributed by atoms with van der Waals surface area (Å²) in [6.45, 7) is 1.07. The minimum atomic E-state index is -0.630. The molecule has 1 fully saturated rings. The minimum Gasteiger partial charge on any atom is -0.497 e. The van der Waals surface area contributed by atoms with Crippen molar-refractivity contribution in [3.8, 4) is 5.75 Å². The Hall–Kier alpha value is -3.12. The third kappa shape index (κ3) is 4.39. The lowest BCUT2D eigenvalue weighted by Crippen LogP contribution is -2.55. The van der Waals surface area contributed by atoms with Gasteiger partial charge in [0.2, 0.25) is 5.91 Å². The highest BCUT2D eigenvalue weighted by Gasteiger charge is 2.40. The van der Waals surface area contributed by atoms with Crippen LogP contribution in [0.5, 0.6) is 5.75 Å². The number of carbonyl (C=O) groups is 2. The van der Waals surface area contributed by atoms with E-state index < -0.39 is 6.04 Å². The number of nitrogens with zero attached hydrogens (tertiary/aromatic N) is 2. The largest absolute Gasteiger partial charge is 0.497 e. The molecular weight excluding hydrogens is 396 g/mol. The molecule has 30 heavy (non-hydrogen) atoms. The maximum absolute atomic E-state index is 13.5. The van der Waals surface area contributed by atoms with Crippen molar-refractivity contribution in [1.82, 2.24) is 9.80 Å². The van der Waals surface area contributed by atoms with Crippen LogP contribution in [0, 0.1) is 0 Å². The fraction of sp³-hybridized carbons (Fsp3) is 0.250. The second-order valence-corrected chi connectivity index (χ2v) is 8.30. The van der Waals surface area contributed by atoms with Gasteiger partial charge in [0, 0.05) is 11.4 Å². The third-order valence-electron chi connectivity index (χ3n) is 5.35. The smallest absolute Gasteiger partial charge is 0.250 e. The van der Waals surface area contributed by atoms with Gasteiger partial charge in [0.05, 0.1) is 20.2 Å². The highest BCUT2D eigenvalue weighted by atomic mass is 32.1. The molecule has 0 spiro atoms. The Morgan fingerprint density at radius 1 is 1.00 bits per heavy atom. The van der Waals surface area contributed by atoms with Crippen molar-refractivity contribution in [3.05, 3.63) is 88.1 Å². The molecule has 3 aromatic rings. The Bertz CT molecular complexity index is 987. The minimum absolute atomic E-state index is 0.0307. The van der Waals surface area contributed by atoms with E-state index in [9.17, 15) is 9.59 Å². The number of amides is 2. The van der Waals surface area contributed by atoms with Gasteiger partial charge >= 0.3 is 0 Å². The predicted molar refractivity (Wildman–Crippen MR) is 117 cm³/mol. The summed E-state index contributed by atoms with van der Waals surface area (Å²) in [6, 6.07) is 20.8. The lowest BCUT2D eigenvalue weighted by Gasteiger charge is -2.40. The molecule has 0 aliphatic carbocycles. The molecule has 6 heteroatoms. The van der Waals surface area contributed by atoms with Crippen LogP contribution in [0.15, 0.2) is 72.1 Å². The zero-order chi connectivity index (χ0) is 20.9. The topological polar surface area (TPSA) is 49.9 Å². The van der Waals surface area contributed by atoms with E-state index in [2.05, 4.69) is 0 Å². The van der Waals surface area contributed by atoms with E-state index in [1.807, 2.05) is 72.1 Å². The molecule has 0 bridgehead atoms. The van der Waals surface area contributed by atoms with Gasteiger partial charge in [-0.25, -0.2) is 0 Å². The van der Waals surface area contributed by atoms with Crippen LogP contribution in [0.2, 0.25) is 0 Å². The van der Waals surface area contributed by atoms with Crippen molar-refractivity contribution >= 4 is 23.2 Å². The van der Waals surface area contributed by atoms with Crippen LogP contribution in [0.4, 0.5) is 0 Å². The zero-order valence-corrected chi connectivity index (χ0v) is 17.7. The summed E-state index contributed by atoms with van der Waals surface area (Å²) < 4.78 is 5.25. The highest BCUT2D eigenvalue weighted by molar-refractivity contribution is 7.09. The first-order valence-corrected chi connectivity index (χ1v) is 10.8. The molecular formula is C24H24N2O3S. The Morgan fingerprint density at radius 3 is 2.43 bits per heavy atom. The van der Waals surface area contributed by atoms with Crippen LogP contribution in [-0.2, 0) is 22.6 Å². The Balaban J connectivity index is 1.59. The maximum Gasteiger partial charge on any atom is 0.250 e. The summed E-state index contributed by atoms with van der Waals surface area (Å²) in [4.78, 5) is 31.1. The van der Waals surface area contributed by atoms with E-state index in [0.29, 0.717) is 13.1 Å². The fourth-order valence-corrected chi connectivity index (χ4v) is 4.44. The summed E-state index contributed by atoms with van der Waals surface area (Å²) in [6.07, 6.45) is 0.722. The van der Waals surface area contributed by atoms with Crippen LogP contribution >= 0.6 is 11.3 Å². The fourth-order valence-electron chi connectivity index (χ4n) is 3.74. The van der Waals surface area contributed by atoms with Gasteiger partial charge in [0.15, 0.2) is 0 Å². The second-order valence-electron chi connectivity index (χ2n) is 7.27. The summed E-state index contributed by atoms with van der Waals surface area (Å²) in [5, 5.41) is 1.99. The molecule has 0 saturated carbocycles. The van der Waals surface area contributed by atoms with Crippen molar-refractivity contribution < 1.29 is 14.3 Å². The summed E-state index contributed by atoms with van der Waals surface area (Å²) in [7, 11) is 1.61. The zero-order valence-electron chi connectivity index (χ0n) is 16.9. The standard InChI is InChI=1S/C24H24N2O3S/c1-29-20-11-9-19(10-12-20)23-24(28)25(14-13-18-6-3-2-4-7-18)17-22(27)26(23)16-21-8-5-15-30-21/h2-12,15,23H,13-14,16-17H2,1H3. The molecule has 2 aromatic carbocycles. The Morgan fingerprint density at radius 2 is 1.77 bits per heavy atom. The first-order chi connectivity index (χ1) is 14.7. The number of hydrogen-bond donors (Lipinski definition) is 0. The van der Waals surface area contributed by atoms with Crippen LogP contribution in [0.1, 0.15) is 22.0 Å². The average molecular weight is 421 g/mol. The van der Waals surface area contributed by atoms with Crippen LogP contribution in [0.25, 0.3) is 0 Å². The van der Waals surface area contributed by atoms with E-state index in [-0.39, 0.29) is 18.4 Å². The van der Waals surface area contributed by atoms with Crippen LogP contribution in [0.3, 0.4) is 0 Å². The third-order valence-corrected chi connectivity index (χ3v) is 6.22. The number of thiophene rings is 1. The number of ether oxygens (including phenoxy) is 1. The van der Waals surface area contributed by atoms with Gasteiger partial charge in [-0.3, -0.25) is 9.59 Å². The van der Waals surface area contributed by atoms with E-state index in [0.717, 1.165) is 28.2 Å². The molecule has 154 valence electrons. The molecule has 1 saturated heterocycles. The highest BCUT2D eigenvalue weighted by Crippen LogP contribution is 2.31. The molecule has 0 N–H and O–H groups in total. The number of methoxy groups -OCH3 is 1. The lowest BCUT2D eigenvalue weighted by atomic mass is 10.00. The lowest BCUT2D eigenvalue weighted by molar-refractivity contribution is -0.156. The van der Waals surface area contributed by atoms with Crippen molar-refractivity contribution in [2.75, 3.05) is 20.2 Å². The van der Waals surface area contributed by atoms with Gasteiger partial charge in [-0.1, -0.05) is 48.5 Å². The van der Waals surface area contributed by atoms with Gasteiger partial charge in [-0.2, -0.15) is 0 Å². The molecule has 1 atom stereocenters. The summed E-state index contributed by atoms with van der Waals surface area (Å²) >= 11 is 1.59. The molecule has 1 aromatic heterocycles. The summed E-state index contributed by atoms with van der Waals surface area (Å²) in [5.74, 6) is 0.656. The quantitative estimate of drug-likeness (QED) is 0.582. The number of rotatable bonds is 7. The predicted octanol–water partition coefficient (Wildman–Crippen LogP) is 3.91. The average Bonchev–Trinajstić information content (AvgIpc) is 3.29. The molecule has 5 nitrogen and oxygen atoms in total. The van der Waals surface area contributed by atoms with Gasteiger partial charge in [-0.15, -0.1) is 11.3 Å². The summed E-state index contributed by atoms with van der Waals surface area (Å²) in [5.41, 5.74) is 1.95. The number of carbonyl (C=O) groups excluding carboxylic acids is 2. The molecule has 0 radical (unpaired) electrons. The van der Waals surface area contributed by atoms with Gasteiger partial charge in [-0.05, 0) is 41.1 Å². The van der Waals surface area contributed by atoms with Crippen LogP contribution in [-0.4, -0.2) is 41.8 Å². The molecule has 4 rings (SSSR count). The molecule has 2 heterocycles. The van der Waals surface area contributed by atoms with E-state index in [1.54, 1.807) is 28.2 Å². The monoisotopic (exact) mass is 420 g/mol.